The Kier molecular flexibility index (Phi) is 6.78. The maximum absolute atomic E-state index is 2.46. The van der Waals surface area contributed by atoms with E-state index in [4.69, 9.17) is 0 Å². The summed E-state index contributed by atoms with van der Waals surface area (Å²) in [4.78, 5) is 0. The molecule has 0 amide bonds. The Balaban J connectivity index is 0.946. The molecule has 0 fully saturated rings. The molecule has 266 valence electrons. The highest BCUT2D eigenvalue weighted by atomic mass is 14.4. The highest BCUT2D eigenvalue weighted by Gasteiger charge is 2.36. The fourth-order valence-corrected chi connectivity index (χ4v) is 10.2. The van der Waals surface area contributed by atoms with Crippen molar-refractivity contribution in [2.45, 2.75) is 19.3 Å². The standard InChI is InChI=1S/C57H38/c1-57(2)54-32-37(27-29-47(54)48-30-28-39(33-55(48)57)51-31-38-13-3-4-14-40(38)41-15-5-7-18-44(41)51)35-23-25-36(26-24-35)52-34-53-45-19-8-6-16-42(45)43-17-9-11-21-49(43)56(53)50-22-12-10-20-46(50)52/h3-34H,1-2H3. The van der Waals surface area contributed by atoms with Crippen LogP contribution in [0.4, 0.5) is 0 Å². The fraction of sp³-hybridized carbons (Fsp3) is 0.0526. The van der Waals surface area contributed by atoms with Crippen molar-refractivity contribution in [2.75, 3.05) is 0 Å². The normalized spacial score (nSPS) is 13.2. The van der Waals surface area contributed by atoms with Crippen molar-refractivity contribution in [3.63, 3.8) is 0 Å². The Morgan fingerprint density at radius 2 is 0.667 bits per heavy atom. The molecule has 1 aliphatic rings. The van der Waals surface area contributed by atoms with Crippen molar-refractivity contribution in [1.82, 2.24) is 0 Å². The minimum Gasteiger partial charge on any atom is -0.0616 e. The van der Waals surface area contributed by atoms with E-state index in [1.807, 2.05) is 0 Å². The lowest BCUT2D eigenvalue weighted by Crippen LogP contribution is -2.15. The van der Waals surface area contributed by atoms with E-state index in [9.17, 15) is 0 Å². The summed E-state index contributed by atoms with van der Waals surface area (Å²) in [5.74, 6) is 0. The fourth-order valence-electron chi connectivity index (χ4n) is 10.2. The first kappa shape index (κ1) is 32.2. The first-order valence-electron chi connectivity index (χ1n) is 20.1. The first-order valence-corrected chi connectivity index (χ1v) is 20.1. The van der Waals surface area contributed by atoms with E-state index in [2.05, 4.69) is 208 Å². The van der Waals surface area contributed by atoms with Crippen LogP contribution in [0.15, 0.2) is 194 Å². The van der Waals surface area contributed by atoms with E-state index in [0.717, 1.165) is 0 Å². The number of hydrogen-bond donors (Lipinski definition) is 0. The molecule has 0 N–H and O–H groups in total. The van der Waals surface area contributed by atoms with Gasteiger partial charge in [0.25, 0.3) is 0 Å². The summed E-state index contributed by atoms with van der Waals surface area (Å²) in [5, 5.41) is 15.6. The minimum atomic E-state index is -0.139. The molecule has 0 saturated carbocycles. The van der Waals surface area contributed by atoms with Crippen LogP contribution in [0.2, 0.25) is 0 Å². The molecule has 1 aliphatic carbocycles. The topological polar surface area (TPSA) is 0 Å². The molecule has 0 spiro atoms. The van der Waals surface area contributed by atoms with E-state index < -0.39 is 0 Å². The van der Waals surface area contributed by atoms with E-state index in [1.54, 1.807) is 0 Å². The largest absolute Gasteiger partial charge is 0.0616 e. The SMILES string of the molecule is CC1(C)c2cc(-c3ccc(-c4cc5c6ccccc6c6ccccc6c5c5ccccc45)cc3)ccc2-c2ccc(-c3cc4ccccc4c4ccccc34)cc21. The summed E-state index contributed by atoms with van der Waals surface area (Å²) in [7, 11) is 0. The Hall–Kier alpha value is -7.02. The van der Waals surface area contributed by atoms with Crippen molar-refractivity contribution in [1.29, 1.82) is 0 Å². The molecular formula is C57H38. The van der Waals surface area contributed by atoms with Crippen molar-refractivity contribution < 1.29 is 0 Å². The summed E-state index contributed by atoms with van der Waals surface area (Å²) in [6, 6.07) is 72.6. The van der Waals surface area contributed by atoms with Gasteiger partial charge in [-0.3, -0.25) is 0 Å². The molecule has 57 heavy (non-hydrogen) atoms. The van der Waals surface area contributed by atoms with Crippen LogP contribution in [0.5, 0.6) is 0 Å². The van der Waals surface area contributed by atoms with Gasteiger partial charge in [-0.15, -0.1) is 0 Å². The molecule has 0 heteroatoms. The van der Waals surface area contributed by atoms with Crippen molar-refractivity contribution >= 4 is 64.6 Å². The zero-order valence-electron chi connectivity index (χ0n) is 32.0. The van der Waals surface area contributed by atoms with Gasteiger partial charge in [0.15, 0.2) is 0 Å². The van der Waals surface area contributed by atoms with Crippen LogP contribution in [0, 0.1) is 0 Å². The molecule has 0 aromatic heterocycles. The Morgan fingerprint density at radius 3 is 1.32 bits per heavy atom. The Morgan fingerprint density at radius 1 is 0.263 bits per heavy atom. The average molecular weight is 723 g/mol. The second-order valence-corrected chi connectivity index (χ2v) is 16.4. The maximum Gasteiger partial charge on any atom is 0.0159 e. The van der Waals surface area contributed by atoms with Crippen molar-refractivity contribution in [2.24, 2.45) is 0 Å². The monoisotopic (exact) mass is 722 g/mol. The number of benzene rings is 11. The van der Waals surface area contributed by atoms with Crippen molar-refractivity contribution in [3.8, 4) is 44.5 Å². The van der Waals surface area contributed by atoms with Gasteiger partial charge in [-0.25, -0.2) is 0 Å². The van der Waals surface area contributed by atoms with Gasteiger partial charge in [0.1, 0.15) is 0 Å². The summed E-state index contributed by atoms with van der Waals surface area (Å²) in [6.07, 6.45) is 0. The van der Waals surface area contributed by atoms with Gasteiger partial charge < -0.3 is 0 Å². The lowest BCUT2D eigenvalue weighted by atomic mass is 9.80. The van der Waals surface area contributed by atoms with Crippen LogP contribution in [0.1, 0.15) is 25.0 Å². The van der Waals surface area contributed by atoms with E-state index >= 15 is 0 Å². The van der Waals surface area contributed by atoms with E-state index in [1.165, 1.54) is 120 Å². The predicted molar refractivity (Wildman–Crippen MR) is 245 cm³/mol. The molecule has 0 aliphatic heterocycles. The number of fused-ring (bicyclic) bond motifs is 14. The second-order valence-electron chi connectivity index (χ2n) is 16.4. The average Bonchev–Trinajstić information content (AvgIpc) is 3.50. The molecule has 0 heterocycles. The molecule has 0 bridgehead atoms. The van der Waals surface area contributed by atoms with Crippen LogP contribution in [-0.4, -0.2) is 0 Å². The van der Waals surface area contributed by atoms with Gasteiger partial charge in [-0.2, -0.15) is 0 Å². The lowest BCUT2D eigenvalue weighted by molar-refractivity contribution is 0.661. The second kappa shape index (κ2) is 12.0. The first-order chi connectivity index (χ1) is 28.0. The van der Waals surface area contributed by atoms with Gasteiger partial charge in [0, 0.05) is 5.41 Å². The minimum absolute atomic E-state index is 0.139. The summed E-state index contributed by atoms with van der Waals surface area (Å²) in [6.45, 7) is 4.79. The van der Waals surface area contributed by atoms with Gasteiger partial charge in [-0.05, 0) is 145 Å². The van der Waals surface area contributed by atoms with Crippen LogP contribution in [0.25, 0.3) is 109 Å². The Bertz CT molecular complexity index is 3470. The van der Waals surface area contributed by atoms with E-state index in [-0.39, 0.29) is 5.41 Å². The maximum atomic E-state index is 2.46. The predicted octanol–water partition coefficient (Wildman–Crippen LogP) is 15.9. The van der Waals surface area contributed by atoms with Crippen LogP contribution in [-0.2, 0) is 5.41 Å². The van der Waals surface area contributed by atoms with Crippen LogP contribution in [0.3, 0.4) is 0 Å². The van der Waals surface area contributed by atoms with E-state index in [0.29, 0.717) is 0 Å². The molecule has 0 nitrogen and oxygen atoms in total. The highest BCUT2D eigenvalue weighted by Crippen LogP contribution is 2.51. The van der Waals surface area contributed by atoms with Crippen LogP contribution < -0.4 is 0 Å². The third-order valence-corrected chi connectivity index (χ3v) is 13.0. The summed E-state index contributed by atoms with van der Waals surface area (Å²) >= 11 is 0. The third-order valence-electron chi connectivity index (χ3n) is 13.0. The number of rotatable bonds is 3. The van der Waals surface area contributed by atoms with Gasteiger partial charge in [0.05, 0.1) is 0 Å². The van der Waals surface area contributed by atoms with Gasteiger partial charge >= 0.3 is 0 Å². The molecular weight excluding hydrogens is 685 g/mol. The Labute approximate surface area is 332 Å². The molecule has 0 unspecified atom stereocenters. The van der Waals surface area contributed by atoms with Crippen LogP contribution >= 0.6 is 0 Å². The quantitative estimate of drug-likeness (QED) is 0.159. The lowest BCUT2D eigenvalue weighted by Gasteiger charge is -2.23. The molecule has 12 rings (SSSR count). The zero-order chi connectivity index (χ0) is 37.8. The van der Waals surface area contributed by atoms with Crippen molar-refractivity contribution in [3.05, 3.63) is 205 Å². The molecule has 0 saturated heterocycles. The molecule has 11 aromatic carbocycles. The molecule has 0 atom stereocenters. The summed E-state index contributed by atoms with van der Waals surface area (Å²) in [5.41, 5.74) is 12.9. The summed E-state index contributed by atoms with van der Waals surface area (Å²) < 4.78 is 0. The molecule has 11 aromatic rings. The third kappa shape index (κ3) is 4.68. The van der Waals surface area contributed by atoms with Gasteiger partial charge in [-0.1, -0.05) is 184 Å². The smallest absolute Gasteiger partial charge is 0.0159 e. The highest BCUT2D eigenvalue weighted by molar-refractivity contribution is 6.33. The number of hydrogen-bond acceptors (Lipinski definition) is 0. The van der Waals surface area contributed by atoms with Gasteiger partial charge in [0.2, 0.25) is 0 Å². The molecule has 0 radical (unpaired) electrons. The zero-order valence-corrected chi connectivity index (χ0v) is 32.0.